The zero-order valence-electron chi connectivity index (χ0n) is 14.8. The fourth-order valence-corrected chi connectivity index (χ4v) is 2.89. The van der Waals surface area contributed by atoms with E-state index in [0.29, 0.717) is 0 Å². The third-order valence-electron chi connectivity index (χ3n) is 3.56. The van der Waals surface area contributed by atoms with Gasteiger partial charge in [0.2, 0.25) is 0 Å². The van der Waals surface area contributed by atoms with Gasteiger partial charge in [-0.3, -0.25) is 0 Å². The minimum atomic E-state index is 0.241. The third-order valence-corrected chi connectivity index (χ3v) is 5.04. The summed E-state index contributed by atoms with van der Waals surface area (Å²) in [5, 5.41) is 8.08. The van der Waals surface area contributed by atoms with E-state index in [9.17, 15) is 0 Å². The number of unbranched alkanes of at least 4 members (excludes halogenated alkanes) is 9. The second-order valence-electron chi connectivity index (χ2n) is 5.73. The second-order valence-corrected chi connectivity index (χ2v) is 8.56. The van der Waals surface area contributed by atoms with E-state index in [1.807, 2.05) is 13.8 Å². The van der Waals surface area contributed by atoms with E-state index < -0.39 is 0 Å². The van der Waals surface area contributed by atoms with Gasteiger partial charge in [0.05, 0.1) is 6.07 Å². The molecular formula is C18H35NS3. The van der Waals surface area contributed by atoms with Crippen molar-refractivity contribution in [2.45, 2.75) is 91.4 Å². The van der Waals surface area contributed by atoms with Gasteiger partial charge in [-0.15, -0.1) is 24.4 Å². The summed E-state index contributed by atoms with van der Waals surface area (Å²) in [6, 6.07) is 2.11. The number of thioether (sulfide) groups is 1. The molecule has 0 aromatic rings. The molecule has 0 aliphatic carbocycles. The van der Waals surface area contributed by atoms with Crippen molar-refractivity contribution in [3.8, 4) is 6.07 Å². The van der Waals surface area contributed by atoms with Crippen LogP contribution in [0, 0.1) is 17.2 Å². The minimum absolute atomic E-state index is 0.241. The molecule has 0 aliphatic heterocycles. The Morgan fingerprint density at radius 2 is 1.45 bits per heavy atom. The van der Waals surface area contributed by atoms with Gasteiger partial charge in [0.25, 0.3) is 0 Å². The van der Waals surface area contributed by atoms with Gasteiger partial charge >= 0.3 is 0 Å². The summed E-state index contributed by atoms with van der Waals surface area (Å²) in [6.07, 6.45) is 15.0. The van der Waals surface area contributed by atoms with Crippen LogP contribution in [0.25, 0.3) is 0 Å². The Bertz CT molecular complexity index is 274. The Morgan fingerprint density at radius 3 is 1.77 bits per heavy atom. The highest BCUT2D eigenvalue weighted by Gasteiger charge is 1.94. The van der Waals surface area contributed by atoms with Gasteiger partial charge in [-0.2, -0.15) is 5.26 Å². The molecule has 0 fully saturated rings. The Balaban J connectivity index is 0. The van der Waals surface area contributed by atoms with Crippen LogP contribution in [-0.2, 0) is 0 Å². The van der Waals surface area contributed by atoms with Crippen molar-refractivity contribution in [1.82, 2.24) is 0 Å². The number of thiol groups is 1. The van der Waals surface area contributed by atoms with Gasteiger partial charge in [-0.05, 0) is 25.5 Å². The average molecular weight is 362 g/mol. The van der Waals surface area contributed by atoms with Gasteiger partial charge in [0.1, 0.15) is 3.53 Å². The zero-order valence-corrected chi connectivity index (χ0v) is 17.3. The first-order valence-corrected chi connectivity index (χ1v) is 10.7. The standard InChI is InChI=1S/C13H26S3.C5H9N/c1-2-3-4-5-6-7-8-9-10-11-12-16-13(14)15;1-3-5(2)4-6/h2-12H2,1H3,(H,14,15);5H,3H2,1-2H3. The molecule has 0 N–H and O–H groups in total. The predicted molar refractivity (Wildman–Crippen MR) is 111 cm³/mol. The van der Waals surface area contributed by atoms with Crippen molar-refractivity contribution in [3.05, 3.63) is 0 Å². The van der Waals surface area contributed by atoms with Crippen LogP contribution < -0.4 is 0 Å². The van der Waals surface area contributed by atoms with Crippen molar-refractivity contribution in [2.24, 2.45) is 5.92 Å². The molecule has 0 saturated carbocycles. The first-order chi connectivity index (χ1) is 10.6. The molecule has 0 amide bonds. The average Bonchev–Trinajstić information content (AvgIpc) is 2.52. The molecule has 1 atom stereocenters. The maximum Gasteiger partial charge on any atom is 0.101 e. The minimum Gasteiger partial charge on any atom is -0.198 e. The highest BCUT2D eigenvalue weighted by molar-refractivity contribution is 8.41. The summed E-state index contributed by atoms with van der Waals surface area (Å²) in [4.78, 5) is 0. The van der Waals surface area contributed by atoms with Crippen molar-refractivity contribution >= 4 is 40.1 Å². The van der Waals surface area contributed by atoms with E-state index >= 15 is 0 Å². The van der Waals surface area contributed by atoms with E-state index in [0.717, 1.165) is 15.7 Å². The summed E-state index contributed by atoms with van der Waals surface area (Å²) in [5.41, 5.74) is 0. The molecule has 1 nitrogen and oxygen atoms in total. The van der Waals surface area contributed by atoms with Crippen molar-refractivity contribution in [2.75, 3.05) is 5.75 Å². The molecule has 130 valence electrons. The monoisotopic (exact) mass is 361 g/mol. The quantitative estimate of drug-likeness (QED) is 0.222. The van der Waals surface area contributed by atoms with E-state index in [4.69, 9.17) is 17.5 Å². The van der Waals surface area contributed by atoms with Crippen molar-refractivity contribution < 1.29 is 0 Å². The summed E-state index contributed by atoms with van der Waals surface area (Å²) in [5.74, 6) is 1.39. The molecule has 0 bridgehead atoms. The normalized spacial score (nSPS) is 11.2. The molecule has 0 aromatic heterocycles. The van der Waals surface area contributed by atoms with Crippen LogP contribution in [-0.4, -0.2) is 9.28 Å². The highest BCUT2D eigenvalue weighted by Crippen LogP contribution is 2.14. The number of nitrogens with zero attached hydrogens (tertiary/aromatic N) is 1. The van der Waals surface area contributed by atoms with Crippen molar-refractivity contribution in [1.29, 1.82) is 5.26 Å². The smallest absolute Gasteiger partial charge is 0.101 e. The number of rotatable bonds is 12. The number of thiocarbonyl (C=S) groups is 1. The van der Waals surface area contributed by atoms with E-state index in [2.05, 4.69) is 25.6 Å². The molecule has 0 rings (SSSR count). The van der Waals surface area contributed by atoms with Gasteiger partial charge in [-0.1, -0.05) is 83.9 Å². The van der Waals surface area contributed by atoms with E-state index in [1.165, 1.54) is 64.2 Å². The van der Waals surface area contributed by atoms with Crippen LogP contribution in [0.15, 0.2) is 0 Å². The van der Waals surface area contributed by atoms with E-state index in [1.54, 1.807) is 11.8 Å². The molecule has 22 heavy (non-hydrogen) atoms. The summed E-state index contributed by atoms with van der Waals surface area (Å²) < 4.78 is 0.788. The Hall–Kier alpha value is 0.280. The molecule has 0 radical (unpaired) electrons. The first-order valence-electron chi connectivity index (χ1n) is 8.83. The highest BCUT2D eigenvalue weighted by atomic mass is 32.2. The second kappa shape index (κ2) is 21.3. The molecule has 0 aromatic carbocycles. The van der Waals surface area contributed by atoms with Crippen LogP contribution in [0.4, 0.5) is 0 Å². The molecule has 0 saturated heterocycles. The maximum atomic E-state index is 8.08. The van der Waals surface area contributed by atoms with Gasteiger partial charge in [-0.25, -0.2) is 0 Å². The summed E-state index contributed by atoms with van der Waals surface area (Å²) in [6.45, 7) is 6.20. The molecule has 1 unspecified atom stereocenters. The third kappa shape index (κ3) is 25.2. The topological polar surface area (TPSA) is 23.8 Å². The van der Waals surface area contributed by atoms with Crippen LogP contribution in [0.1, 0.15) is 91.4 Å². The Labute approximate surface area is 154 Å². The molecular weight excluding hydrogens is 326 g/mol. The van der Waals surface area contributed by atoms with E-state index in [-0.39, 0.29) is 5.92 Å². The van der Waals surface area contributed by atoms with Crippen LogP contribution in [0.2, 0.25) is 0 Å². The molecule has 0 heterocycles. The first kappa shape index (κ1) is 24.5. The maximum absolute atomic E-state index is 8.08. The largest absolute Gasteiger partial charge is 0.198 e. The van der Waals surface area contributed by atoms with Gasteiger partial charge < -0.3 is 0 Å². The lowest BCUT2D eigenvalue weighted by Crippen LogP contribution is -1.84. The van der Waals surface area contributed by atoms with Crippen LogP contribution in [0.5, 0.6) is 0 Å². The lowest BCUT2D eigenvalue weighted by Gasteiger charge is -2.01. The predicted octanol–water partition coefficient (Wildman–Crippen LogP) is 7.41. The number of hydrogen-bond donors (Lipinski definition) is 1. The summed E-state index contributed by atoms with van der Waals surface area (Å²) in [7, 11) is 0. The lowest BCUT2D eigenvalue weighted by molar-refractivity contribution is 0.563. The SMILES string of the molecule is CCC(C)C#N.CCCCCCCCCCCCSC(=S)S. The number of nitriles is 1. The Morgan fingerprint density at radius 1 is 1.00 bits per heavy atom. The molecule has 0 spiro atoms. The summed E-state index contributed by atoms with van der Waals surface area (Å²) >= 11 is 10.7. The molecule has 0 aliphatic rings. The lowest BCUT2D eigenvalue weighted by atomic mass is 10.1. The van der Waals surface area contributed by atoms with Gasteiger partial charge in [0, 0.05) is 5.92 Å². The Kier molecular flexibility index (Phi) is 23.7. The fraction of sp³-hybridized carbons (Fsp3) is 0.889. The molecule has 4 heteroatoms. The van der Waals surface area contributed by atoms with Gasteiger partial charge in [0.15, 0.2) is 0 Å². The van der Waals surface area contributed by atoms with Crippen LogP contribution in [0.3, 0.4) is 0 Å². The number of hydrogen-bond acceptors (Lipinski definition) is 3. The van der Waals surface area contributed by atoms with Crippen LogP contribution >= 0.6 is 36.6 Å². The fourth-order valence-electron chi connectivity index (χ4n) is 1.84. The van der Waals surface area contributed by atoms with Crippen molar-refractivity contribution in [3.63, 3.8) is 0 Å². The zero-order chi connectivity index (χ0) is 17.1.